The second-order valence-corrected chi connectivity index (χ2v) is 7.48. The quantitative estimate of drug-likeness (QED) is 0.600. The molecular formula is C13H26N2O5S. The van der Waals surface area contributed by atoms with Crippen molar-refractivity contribution in [1.29, 1.82) is 0 Å². The van der Waals surface area contributed by atoms with Crippen molar-refractivity contribution < 1.29 is 23.4 Å². The number of nitrogens with one attached hydrogen (secondary N) is 1. The van der Waals surface area contributed by atoms with E-state index in [9.17, 15) is 18.3 Å². The van der Waals surface area contributed by atoms with E-state index in [0.29, 0.717) is 32.2 Å². The lowest BCUT2D eigenvalue weighted by atomic mass is 9.84. The number of carboxylic acid groups (broad SMARTS) is 1. The van der Waals surface area contributed by atoms with Gasteiger partial charge in [-0.1, -0.05) is 13.8 Å². The molecule has 1 unspecified atom stereocenters. The van der Waals surface area contributed by atoms with Crippen LogP contribution in [0.4, 0.5) is 0 Å². The van der Waals surface area contributed by atoms with Crippen molar-refractivity contribution in [3.8, 4) is 0 Å². The van der Waals surface area contributed by atoms with Crippen LogP contribution in [0.1, 0.15) is 39.5 Å². The molecule has 1 saturated heterocycles. The van der Waals surface area contributed by atoms with E-state index in [-0.39, 0.29) is 19.7 Å². The van der Waals surface area contributed by atoms with Crippen LogP contribution in [0.5, 0.6) is 0 Å². The van der Waals surface area contributed by atoms with Gasteiger partial charge in [0.1, 0.15) is 0 Å². The van der Waals surface area contributed by atoms with Crippen LogP contribution in [0.25, 0.3) is 0 Å². The SMILES string of the molecule is CCC(CC)(CO)CNS(=O)(=O)N1CCCC(C(=O)O)C1. The number of carbonyl (C=O) groups is 1. The normalized spacial score (nSPS) is 21.4. The number of nitrogens with zero attached hydrogens (tertiary/aromatic N) is 1. The lowest BCUT2D eigenvalue weighted by Crippen LogP contribution is -2.50. The van der Waals surface area contributed by atoms with Gasteiger partial charge in [-0.2, -0.15) is 12.7 Å². The zero-order valence-electron chi connectivity index (χ0n) is 12.7. The van der Waals surface area contributed by atoms with Crippen molar-refractivity contribution >= 4 is 16.2 Å². The van der Waals surface area contributed by atoms with Crippen molar-refractivity contribution in [2.24, 2.45) is 11.3 Å². The van der Waals surface area contributed by atoms with Crippen molar-refractivity contribution in [2.45, 2.75) is 39.5 Å². The van der Waals surface area contributed by atoms with E-state index in [2.05, 4.69) is 4.72 Å². The van der Waals surface area contributed by atoms with Gasteiger partial charge in [0, 0.05) is 31.7 Å². The Balaban J connectivity index is 2.70. The number of piperidine rings is 1. The lowest BCUT2D eigenvalue weighted by Gasteiger charge is -2.33. The average molecular weight is 322 g/mol. The Bertz CT molecular complexity index is 439. The smallest absolute Gasteiger partial charge is 0.307 e. The van der Waals surface area contributed by atoms with E-state index >= 15 is 0 Å². The molecule has 1 heterocycles. The van der Waals surface area contributed by atoms with E-state index < -0.39 is 27.5 Å². The highest BCUT2D eigenvalue weighted by Gasteiger charge is 2.34. The molecule has 1 atom stereocenters. The number of aliphatic hydroxyl groups excluding tert-OH is 1. The molecule has 0 aliphatic carbocycles. The Morgan fingerprint density at radius 2 is 2.00 bits per heavy atom. The molecular weight excluding hydrogens is 296 g/mol. The van der Waals surface area contributed by atoms with Crippen molar-refractivity contribution in [2.75, 3.05) is 26.2 Å². The average Bonchev–Trinajstić information content (AvgIpc) is 2.49. The largest absolute Gasteiger partial charge is 0.481 e. The fourth-order valence-electron chi connectivity index (χ4n) is 2.48. The Morgan fingerprint density at radius 3 is 2.48 bits per heavy atom. The zero-order valence-corrected chi connectivity index (χ0v) is 13.5. The molecule has 1 rings (SSSR count). The van der Waals surface area contributed by atoms with E-state index in [1.165, 1.54) is 4.31 Å². The summed E-state index contributed by atoms with van der Waals surface area (Å²) in [5.74, 6) is -1.60. The van der Waals surface area contributed by atoms with Gasteiger partial charge in [0.05, 0.1) is 5.92 Å². The summed E-state index contributed by atoms with van der Waals surface area (Å²) in [5, 5.41) is 18.5. The molecule has 0 aromatic heterocycles. The molecule has 7 nitrogen and oxygen atoms in total. The number of hydrogen-bond donors (Lipinski definition) is 3. The van der Waals surface area contributed by atoms with Gasteiger partial charge in [-0.25, -0.2) is 4.72 Å². The van der Waals surface area contributed by atoms with Crippen LogP contribution in [-0.2, 0) is 15.0 Å². The van der Waals surface area contributed by atoms with Gasteiger partial charge in [-0.3, -0.25) is 4.79 Å². The van der Waals surface area contributed by atoms with Gasteiger partial charge in [0.2, 0.25) is 0 Å². The molecule has 0 spiro atoms. The van der Waals surface area contributed by atoms with Crippen LogP contribution in [0.3, 0.4) is 0 Å². The number of hydrogen-bond acceptors (Lipinski definition) is 4. The van der Waals surface area contributed by atoms with Gasteiger partial charge in [0.15, 0.2) is 0 Å². The molecule has 0 saturated carbocycles. The highest BCUT2D eigenvalue weighted by atomic mass is 32.2. The first-order valence-corrected chi connectivity index (χ1v) is 8.82. The standard InChI is InChI=1S/C13H26N2O5S/c1-3-13(4-2,10-16)9-14-21(19,20)15-7-5-6-11(8-15)12(17)18/h11,14,16H,3-10H2,1-2H3,(H,17,18). The molecule has 0 aromatic carbocycles. The van der Waals surface area contributed by atoms with E-state index in [1.807, 2.05) is 13.8 Å². The number of aliphatic carboxylic acids is 1. The highest BCUT2D eigenvalue weighted by molar-refractivity contribution is 7.87. The summed E-state index contributed by atoms with van der Waals surface area (Å²) in [6, 6.07) is 0. The summed E-state index contributed by atoms with van der Waals surface area (Å²) in [7, 11) is -3.70. The third kappa shape index (κ3) is 4.64. The van der Waals surface area contributed by atoms with Crippen LogP contribution >= 0.6 is 0 Å². The van der Waals surface area contributed by atoms with E-state index in [0.717, 1.165) is 0 Å². The summed E-state index contributed by atoms with van der Waals surface area (Å²) >= 11 is 0. The third-order valence-electron chi connectivity index (χ3n) is 4.54. The molecule has 0 amide bonds. The zero-order chi connectivity index (χ0) is 16.1. The van der Waals surface area contributed by atoms with Crippen LogP contribution in [0.2, 0.25) is 0 Å². The third-order valence-corrected chi connectivity index (χ3v) is 6.06. The first-order valence-electron chi connectivity index (χ1n) is 7.38. The second kappa shape index (κ2) is 7.53. The summed E-state index contributed by atoms with van der Waals surface area (Å²) in [6.45, 7) is 4.25. The van der Waals surface area contributed by atoms with E-state index in [1.54, 1.807) is 0 Å². The maximum Gasteiger partial charge on any atom is 0.307 e. The van der Waals surface area contributed by atoms with Gasteiger partial charge in [0.25, 0.3) is 10.2 Å². The monoisotopic (exact) mass is 322 g/mol. The van der Waals surface area contributed by atoms with Crippen molar-refractivity contribution in [3.05, 3.63) is 0 Å². The van der Waals surface area contributed by atoms with Crippen LogP contribution < -0.4 is 4.72 Å². The minimum absolute atomic E-state index is 0.00897. The molecule has 0 bridgehead atoms. The van der Waals surface area contributed by atoms with Gasteiger partial charge >= 0.3 is 5.97 Å². The van der Waals surface area contributed by atoms with Crippen LogP contribution in [0, 0.1) is 11.3 Å². The lowest BCUT2D eigenvalue weighted by molar-refractivity contribution is -0.142. The van der Waals surface area contributed by atoms with Crippen LogP contribution in [0.15, 0.2) is 0 Å². The Morgan fingerprint density at radius 1 is 1.38 bits per heavy atom. The fourth-order valence-corrected chi connectivity index (χ4v) is 3.89. The summed E-state index contributed by atoms with van der Waals surface area (Å²) < 4.78 is 28.3. The maximum absolute atomic E-state index is 12.3. The predicted molar refractivity (Wildman–Crippen MR) is 79.0 cm³/mol. The summed E-state index contributed by atoms with van der Waals surface area (Å²) in [5.41, 5.74) is -0.463. The maximum atomic E-state index is 12.3. The van der Waals surface area contributed by atoms with Gasteiger partial charge in [-0.15, -0.1) is 0 Å². The molecule has 1 aliphatic heterocycles. The topological polar surface area (TPSA) is 107 Å². The minimum atomic E-state index is -3.70. The predicted octanol–water partition coefficient (Wildman–Crippen LogP) is 0.416. The fraction of sp³-hybridized carbons (Fsp3) is 0.923. The molecule has 8 heteroatoms. The molecule has 1 fully saturated rings. The van der Waals surface area contributed by atoms with Gasteiger partial charge < -0.3 is 10.2 Å². The summed E-state index contributed by atoms with van der Waals surface area (Å²) in [4.78, 5) is 11.0. The van der Waals surface area contributed by atoms with Gasteiger partial charge in [-0.05, 0) is 25.7 Å². The van der Waals surface area contributed by atoms with Crippen LogP contribution in [-0.4, -0.2) is 55.1 Å². The summed E-state index contributed by atoms with van der Waals surface area (Å²) in [6.07, 6.45) is 2.39. The second-order valence-electron chi connectivity index (χ2n) is 5.73. The first-order chi connectivity index (χ1) is 9.80. The Hall–Kier alpha value is -0.700. The van der Waals surface area contributed by atoms with E-state index in [4.69, 9.17) is 5.11 Å². The number of carboxylic acids is 1. The molecule has 0 radical (unpaired) electrons. The molecule has 124 valence electrons. The molecule has 3 N–H and O–H groups in total. The molecule has 0 aromatic rings. The number of aliphatic hydroxyl groups is 1. The molecule has 21 heavy (non-hydrogen) atoms. The Kier molecular flexibility index (Phi) is 6.58. The first kappa shape index (κ1) is 18.3. The van der Waals surface area contributed by atoms with Crippen molar-refractivity contribution in [1.82, 2.24) is 9.03 Å². The highest BCUT2D eigenvalue weighted by Crippen LogP contribution is 2.25. The minimum Gasteiger partial charge on any atom is -0.481 e. The number of rotatable bonds is 8. The van der Waals surface area contributed by atoms with Crippen molar-refractivity contribution in [3.63, 3.8) is 0 Å². The molecule has 1 aliphatic rings. The Labute approximate surface area is 126 Å².